The lowest BCUT2D eigenvalue weighted by molar-refractivity contribution is -0.128. The number of hydrogen-bond donors (Lipinski definition) is 1. The van der Waals surface area contributed by atoms with Gasteiger partial charge >= 0.3 is 5.97 Å². The highest BCUT2D eigenvalue weighted by Gasteiger charge is 2.31. The fourth-order valence-electron chi connectivity index (χ4n) is 2.85. The molecular formula is C19H20N4O5. The summed E-state index contributed by atoms with van der Waals surface area (Å²) in [4.78, 5) is 50.0. The summed E-state index contributed by atoms with van der Waals surface area (Å²) in [5.74, 6) is -1.68. The SMILES string of the molecule is CCCn1nc(C(=O)OC(C)C(=O)N2CC(=O)Nc3ccccc32)ccc1=O. The van der Waals surface area contributed by atoms with E-state index in [-0.39, 0.29) is 23.7 Å². The third-order valence-electron chi connectivity index (χ3n) is 4.18. The number of aromatic nitrogens is 2. The highest BCUT2D eigenvalue weighted by atomic mass is 16.5. The molecule has 1 aliphatic heterocycles. The van der Waals surface area contributed by atoms with Crippen molar-refractivity contribution in [2.75, 3.05) is 16.8 Å². The molecule has 0 fully saturated rings. The lowest BCUT2D eigenvalue weighted by Gasteiger charge is -2.30. The van der Waals surface area contributed by atoms with Crippen molar-refractivity contribution in [2.24, 2.45) is 0 Å². The summed E-state index contributed by atoms with van der Waals surface area (Å²) >= 11 is 0. The monoisotopic (exact) mass is 384 g/mol. The van der Waals surface area contributed by atoms with E-state index in [1.165, 1.54) is 28.6 Å². The predicted molar refractivity (Wildman–Crippen MR) is 101 cm³/mol. The number of carbonyl (C=O) groups is 3. The average molecular weight is 384 g/mol. The quantitative estimate of drug-likeness (QED) is 0.775. The van der Waals surface area contributed by atoms with Gasteiger partial charge in [0.25, 0.3) is 11.5 Å². The smallest absolute Gasteiger partial charge is 0.359 e. The van der Waals surface area contributed by atoms with E-state index in [1.54, 1.807) is 24.3 Å². The van der Waals surface area contributed by atoms with Gasteiger partial charge in [0.15, 0.2) is 11.8 Å². The van der Waals surface area contributed by atoms with E-state index < -0.39 is 18.0 Å². The number of amides is 2. The highest BCUT2D eigenvalue weighted by molar-refractivity contribution is 6.11. The molecule has 2 aromatic rings. The van der Waals surface area contributed by atoms with Crippen LogP contribution in [-0.4, -0.2) is 40.2 Å². The normalized spacial score (nSPS) is 14.1. The summed E-state index contributed by atoms with van der Waals surface area (Å²) in [6.45, 7) is 3.51. The molecule has 0 saturated carbocycles. The number of para-hydroxylation sites is 2. The number of carbonyl (C=O) groups excluding carboxylic acids is 3. The molecule has 1 unspecified atom stereocenters. The minimum absolute atomic E-state index is 0.0653. The number of fused-ring (bicyclic) bond motifs is 1. The van der Waals surface area contributed by atoms with Gasteiger partial charge in [-0.15, -0.1) is 0 Å². The fourth-order valence-corrected chi connectivity index (χ4v) is 2.85. The van der Waals surface area contributed by atoms with Crippen molar-refractivity contribution in [1.29, 1.82) is 0 Å². The summed E-state index contributed by atoms with van der Waals surface area (Å²) in [5, 5.41) is 6.67. The number of hydrogen-bond acceptors (Lipinski definition) is 6. The molecule has 2 amide bonds. The van der Waals surface area contributed by atoms with Crippen LogP contribution in [0.15, 0.2) is 41.2 Å². The standard InChI is InChI=1S/C19H20N4O5/c1-3-10-23-17(25)9-8-14(21-23)19(27)28-12(2)18(26)22-11-16(24)20-13-6-4-5-7-15(13)22/h4-9,12H,3,10-11H2,1-2H3,(H,20,24). The molecule has 0 saturated heterocycles. The number of esters is 1. The van der Waals surface area contributed by atoms with Gasteiger partial charge in [-0.3, -0.25) is 19.3 Å². The summed E-state index contributed by atoms with van der Waals surface area (Å²) in [6.07, 6.45) is -0.462. The van der Waals surface area contributed by atoms with Crippen molar-refractivity contribution >= 4 is 29.2 Å². The molecule has 0 bridgehead atoms. The van der Waals surface area contributed by atoms with E-state index in [0.29, 0.717) is 24.3 Å². The zero-order valence-corrected chi connectivity index (χ0v) is 15.5. The number of ether oxygens (including phenoxy) is 1. The van der Waals surface area contributed by atoms with Crippen molar-refractivity contribution in [3.05, 3.63) is 52.4 Å². The van der Waals surface area contributed by atoms with Gasteiger partial charge in [-0.1, -0.05) is 19.1 Å². The molecule has 1 aromatic carbocycles. The van der Waals surface area contributed by atoms with E-state index in [0.717, 1.165) is 0 Å². The Morgan fingerprint density at radius 2 is 1.96 bits per heavy atom. The topological polar surface area (TPSA) is 111 Å². The Morgan fingerprint density at radius 1 is 1.21 bits per heavy atom. The van der Waals surface area contributed by atoms with Crippen LogP contribution >= 0.6 is 0 Å². The molecule has 146 valence electrons. The molecule has 9 nitrogen and oxygen atoms in total. The first-order valence-corrected chi connectivity index (χ1v) is 8.90. The van der Waals surface area contributed by atoms with Gasteiger partial charge in [0.1, 0.15) is 6.54 Å². The Bertz CT molecular complexity index is 984. The molecule has 3 rings (SSSR count). The second-order valence-corrected chi connectivity index (χ2v) is 6.32. The molecule has 28 heavy (non-hydrogen) atoms. The summed E-state index contributed by atoms with van der Waals surface area (Å²) in [6, 6.07) is 9.36. The zero-order chi connectivity index (χ0) is 20.3. The molecule has 1 aliphatic rings. The van der Waals surface area contributed by atoms with E-state index in [9.17, 15) is 19.2 Å². The fraction of sp³-hybridized carbons (Fsp3) is 0.316. The number of anilines is 2. The molecule has 1 aromatic heterocycles. The third kappa shape index (κ3) is 3.93. The van der Waals surface area contributed by atoms with Crippen LogP contribution in [0.5, 0.6) is 0 Å². The van der Waals surface area contributed by atoms with Gasteiger partial charge in [-0.2, -0.15) is 5.10 Å². The van der Waals surface area contributed by atoms with Gasteiger partial charge < -0.3 is 10.1 Å². The Hall–Kier alpha value is -3.49. The van der Waals surface area contributed by atoms with Gasteiger partial charge in [0.2, 0.25) is 5.91 Å². The Labute approximate surface area is 160 Å². The second-order valence-electron chi connectivity index (χ2n) is 6.32. The molecular weight excluding hydrogens is 364 g/mol. The molecule has 0 aliphatic carbocycles. The van der Waals surface area contributed by atoms with Crippen molar-refractivity contribution in [2.45, 2.75) is 32.9 Å². The molecule has 1 atom stereocenters. The van der Waals surface area contributed by atoms with E-state index >= 15 is 0 Å². The zero-order valence-electron chi connectivity index (χ0n) is 15.5. The lowest BCUT2D eigenvalue weighted by atomic mass is 10.1. The van der Waals surface area contributed by atoms with E-state index in [4.69, 9.17) is 4.74 Å². The van der Waals surface area contributed by atoms with Gasteiger partial charge in [-0.25, -0.2) is 9.48 Å². The average Bonchev–Trinajstić information content (AvgIpc) is 2.68. The minimum Gasteiger partial charge on any atom is -0.448 e. The maximum absolute atomic E-state index is 12.8. The molecule has 2 heterocycles. The van der Waals surface area contributed by atoms with Crippen molar-refractivity contribution in [3.8, 4) is 0 Å². The number of aryl methyl sites for hydroxylation is 1. The van der Waals surface area contributed by atoms with Crippen LogP contribution in [0.4, 0.5) is 11.4 Å². The first kappa shape index (κ1) is 19.3. The first-order chi connectivity index (χ1) is 13.4. The number of nitrogens with one attached hydrogen (secondary N) is 1. The maximum Gasteiger partial charge on any atom is 0.359 e. The lowest BCUT2D eigenvalue weighted by Crippen LogP contribution is -2.47. The van der Waals surface area contributed by atoms with E-state index in [2.05, 4.69) is 10.4 Å². The molecule has 0 radical (unpaired) electrons. The van der Waals surface area contributed by atoms with Crippen LogP contribution in [0.1, 0.15) is 30.8 Å². The number of benzene rings is 1. The largest absolute Gasteiger partial charge is 0.448 e. The maximum atomic E-state index is 12.8. The van der Waals surface area contributed by atoms with Gasteiger partial charge in [0.05, 0.1) is 11.4 Å². The number of rotatable bonds is 5. The van der Waals surface area contributed by atoms with Crippen molar-refractivity contribution in [3.63, 3.8) is 0 Å². The predicted octanol–water partition coefficient (Wildman–Crippen LogP) is 1.18. The minimum atomic E-state index is -1.14. The van der Waals surface area contributed by atoms with Crippen molar-refractivity contribution in [1.82, 2.24) is 9.78 Å². The van der Waals surface area contributed by atoms with E-state index in [1.807, 2.05) is 6.92 Å². The third-order valence-corrected chi connectivity index (χ3v) is 4.18. The first-order valence-electron chi connectivity index (χ1n) is 8.90. The summed E-state index contributed by atoms with van der Waals surface area (Å²) < 4.78 is 6.41. The van der Waals surface area contributed by atoms with Crippen LogP contribution in [0, 0.1) is 0 Å². The van der Waals surface area contributed by atoms with Crippen LogP contribution in [0.25, 0.3) is 0 Å². The number of nitrogens with zero attached hydrogens (tertiary/aromatic N) is 3. The highest BCUT2D eigenvalue weighted by Crippen LogP contribution is 2.29. The summed E-state index contributed by atoms with van der Waals surface area (Å²) in [7, 11) is 0. The van der Waals surface area contributed by atoms with Crippen LogP contribution in [0.3, 0.4) is 0 Å². The summed E-state index contributed by atoms with van der Waals surface area (Å²) in [5.41, 5.74) is 0.659. The van der Waals surface area contributed by atoms with Crippen LogP contribution in [-0.2, 0) is 20.9 Å². The molecule has 0 spiro atoms. The molecule has 9 heteroatoms. The van der Waals surface area contributed by atoms with Gasteiger partial charge in [0, 0.05) is 12.6 Å². The van der Waals surface area contributed by atoms with Crippen molar-refractivity contribution < 1.29 is 19.1 Å². The Morgan fingerprint density at radius 3 is 2.71 bits per heavy atom. The van der Waals surface area contributed by atoms with Crippen LogP contribution < -0.4 is 15.8 Å². The van der Waals surface area contributed by atoms with Crippen LogP contribution in [0.2, 0.25) is 0 Å². The molecule has 1 N–H and O–H groups in total. The second kappa shape index (κ2) is 8.03. The Balaban J connectivity index is 1.76. The van der Waals surface area contributed by atoms with Gasteiger partial charge in [-0.05, 0) is 31.5 Å². The Kier molecular flexibility index (Phi) is 5.53.